The summed E-state index contributed by atoms with van der Waals surface area (Å²) in [5.74, 6) is 0. The number of nitrogens with zero attached hydrogens (tertiary/aromatic N) is 2. The molecule has 0 fully saturated rings. The molecule has 0 saturated heterocycles. The molecule has 2 heterocycles. The lowest BCUT2D eigenvalue weighted by molar-refractivity contribution is 0.110. The second kappa shape index (κ2) is 5.61. The van der Waals surface area contributed by atoms with Gasteiger partial charge in [-0.05, 0) is 36.7 Å². The predicted octanol–water partition coefficient (Wildman–Crippen LogP) is 1.52. The minimum atomic E-state index is 0.727. The molecule has 2 N–H and O–H groups in total. The van der Waals surface area contributed by atoms with E-state index in [1.165, 1.54) is 23.9 Å². The third kappa shape index (κ3) is 2.38. The average molecular weight is 231 g/mol. The molecule has 17 heavy (non-hydrogen) atoms. The Morgan fingerprint density at radius 2 is 2.18 bits per heavy atom. The van der Waals surface area contributed by atoms with Gasteiger partial charge in [-0.15, -0.1) is 0 Å². The van der Waals surface area contributed by atoms with Crippen molar-refractivity contribution in [3.05, 3.63) is 47.8 Å². The van der Waals surface area contributed by atoms with Crippen molar-refractivity contribution in [2.24, 2.45) is 5.73 Å². The monoisotopic (exact) mass is 231 g/mol. The minimum Gasteiger partial charge on any atom is -0.376 e. The Hall–Kier alpha value is -1.65. The molecular formula is C13H17N3O. The van der Waals surface area contributed by atoms with Gasteiger partial charge in [-0.1, -0.05) is 12.1 Å². The van der Waals surface area contributed by atoms with Gasteiger partial charge in [0.05, 0.1) is 18.9 Å². The highest BCUT2D eigenvalue weighted by Gasteiger charge is 2.13. The van der Waals surface area contributed by atoms with Crippen LogP contribution in [0.4, 0.5) is 0 Å². The van der Waals surface area contributed by atoms with Gasteiger partial charge < -0.3 is 10.5 Å². The molecule has 0 aliphatic carbocycles. The molecule has 0 atom stereocenters. The fourth-order valence-corrected chi connectivity index (χ4v) is 2.03. The molecule has 2 aromatic rings. The third-order valence-corrected chi connectivity index (χ3v) is 2.75. The first kappa shape index (κ1) is 11.8. The lowest BCUT2D eigenvalue weighted by atomic mass is 10.0. The van der Waals surface area contributed by atoms with E-state index in [1.54, 1.807) is 6.20 Å². The highest BCUT2D eigenvalue weighted by molar-refractivity contribution is 5.46. The van der Waals surface area contributed by atoms with Crippen molar-refractivity contribution in [2.45, 2.75) is 13.0 Å². The van der Waals surface area contributed by atoms with E-state index in [1.807, 2.05) is 16.9 Å². The smallest absolute Gasteiger partial charge is 0.0720 e. The summed E-state index contributed by atoms with van der Waals surface area (Å²) in [5.41, 5.74) is 8.34. The first-order chi connectivity index (χ1) is 8.45. The van der Waals surface area contributed by atoms with Gasteiger partial charge in [0.25, 0.3) is 0 Å². The molecule has 0 bridgehead atoms. The van der Waals surface area contributed by atoms with Gasteiger partial charge in [0.1, 0.15) is 0 Å². The quantitative estimate of drug-likeness (QED) is 0.809. The van der Waals surface area contributed by atoms with Crippen molar-refractivity contribution in [3.63, 3.8) is 0 Å². The van der Waals surface area contributed by atoms with Gasteiger partial charge >= 0.3 is 0 Å². The topological polar surface area (TPSA) is 53.1 Å². The van der Waals surface area contributed by atoms with Crippen LogP contribution in [0.1, 0.15) is 11.1 Å². The molecule has 1 aromatic heterocycles. The van der Waals surface area contributed by atoms with Crippen molar-refractivity contribution in [2.75, 3.05) is 13.7 Å². The lowest BCUT2D eigenvalue weighted by Crippen LogP contribution is -2.13. The van der Waals surface area contributed by atoms with Crippen molar-refractivity contribution in [1.29, 1.82) is 0 Å². The largest absolute Gasteiger partial charge is 0.376 e. The molecule has 1 aliphatic rings. The number of nitrogens with two attached hydrogens (primary N) is 1. The summed E-state index contributed by atoms with van der Waals surface area (Å²) in [7, 11) is 1.50. The Bertz CT molecular complexity index is 466. The van der Waals surface area contributed by atoms with Crippen molar-refractivity contribution < 1.29 is 4.74 Å². The molecule has 1 aromatic carbocycles. The van der Waals surface area contributed by atoms with Crippen LogP contribution in [0.25, 0.3) is 5.69 Å². The highest BCUT2D eigenvalue weighted by atomic mass is 16.5. The van der Waals surface area contributed by atoms with E-state index in [2.05, 4.69) is 29.0 Å². The zero-order valence-corrected chi connectivity index (χ0v) is 9.97. The maximum atomic E-state index is 5.44. The van der Waals surface area contributed by atoms with E-state index >= 15 is 0 Å². The first-order valence-electron chi connectivity index (χ1n) is 5.71. The summed E-state index contributed by atoms with van der Waals surface area (Å²) in [6, 6.07) is 8.24. The molecule has 4 nitrogen and oxygen atoms in total. The SMILES string of the molecule is CN.c1cc2c(c(-n3cccn3)c1)CCOC2. The molecule has 0 saturated carbocycles. The standard InChI is InChI=1S/C12H12N2O.CH5N/c1-3-10-9-15-8-5-11(10)12(4-1)14-7-2-6-13-14;1-2/h1-4,6-7H,5,8-9H2;2H2,1H3. The average Bonchev–Trinajstić information content (AvgIpc) is 2.94. The Labute approximate surface area is 101 Å². The van der Waals surface area contributed by atoms with Crippen molar-refractivity contribution in [3.8, 4) is 5.69 Å². The summed E-state index contributed by atoms with van der Waals surface area (Å²) in [6.45, 7) is 1.54. The summed E-state index contributed by atoms with van der Waals surface area (Å²) in [5, 5.41) is 4.27. The molecule has 0 spiro atoms. The summed E-state index contributed by atoms with van der Waals surface area (Å²) >= 11 is 0. The van der Waals surface area contributed by atoms with Gasteiger partial charge in [-0.3, -0.25) is 0 Å². The number of hydrogen-bond donors (Lipinski definition) is 1. The van der Waals surface area contributed by atoms with Crippen LogP contribution in [0, 0.1) is 0 Å². The van der Waals surface area contributed by atoms with Gasteiger partial charge in [-0.2, -0.15) is 5.10 Å². The van der Waals surface area contributed by atoms with E-state index in [4.69, 9.17) is 4.74 Å². The van der Waals surface area contributed by atoms with Crippen LogP contribution >= 0.6 is 0 Å². The Morgan fingerprint density at radius 3 is 2.94 bits per heavy atom. The van der Waals surface area contributed by atoms with Gasteiger partial charge in [0.2, 0.25) is 0 Å². The second-order valence-electron chi connectivity index (χ2n) is 3.67. The number of aromatic nitrogens is 2. The molecule has 90 valence electrons. The molecule has 1 aliphatic heterocycles. The lowest BCUT2D eigenvalue weighted by Gasteiger charge is -2.19. The van der Waals surface area contributed by atoms with E-state index in [-0.39, 0.29) is 0 Å². The van der Waals surface area contributed by atoms with Gasteiger partial charge in [-0.25, -0.2) is 4.68 Å². The van der Waals surface area contributed by atoms with Crippen LogP contribution in [-0.2, 0) is 17.8 Å². The molecule has 4 heteroatoms. The normalized spacial score (nSPS) is 13.5. The molecule has 3 rings (SSSR count). The summed E-state index contributed by atoms with van der Waals surface area (Å²) in [6.07, 6.45) is 4.76. The summed E-state index contributed by atoms with van der Waals surface area (Å²) in [4.78, 5) is 0. The van der Waals surface area contributed by atoms with E-state index in [0.29, 0.717) is 0 Å². The third-order valence-electron chi connectivity index (χ3n) is 2.75. The predicted molar refractivity (Wildman–Crippen MR) is 67.0 cm³/mol. The fourth-order valence-electron chi connectivity index (χ4n) is 2.03. The number of fused-ring (bicyclic) bond motifs is 1. The highest BCUT2D eigenvalue weighted by Crippen LogP contribution is 2.23. The Morgan fingerprint density at radius 1 is 1.29 bits per heavy atom. The Balaban J connectivity index is 0.000000514. The fraction of sp³-hybridized carbons (Fsp3) is 0.308. The van der Waals surface area contributed by atoms with E-state index in [0.717, 1.165) is 19.6 Å². The van der Waals surface area contributed by atoms with E-state index in [9.17, 15) is 0 Å². The second-order valence-corrected chi connectivity index (χ2v) is 3.67. The first-order valence-corrected chi connectivity index (χ1v) is 5.71. The van der Waals surface area contributed by atoms with Gasteiger partial charge in [0, 0.05) is 12.4 Å². The Kier molecular flexibility index (Phi) is 3.90. The van der Waals surface area contributed by atoms with Crippen molar-refractivity contribution in [1.82, 2.24) is 9.78 Å². The minimum absolute atomic E-state index is 0.727. The van der Waals surface area contributed by atoms with Crippen LogP contribution in [0.5, 0.6) is 0 Å². The summed E-state index contributed by atoms with van der Waals surface area (Å²) < 4.78 is 7.36. The maximum absolute atomic E-state index is 5.44. The molecule has 0 amide bonds. The van der Waals surface area contributed by atoms with Crippen LogP contribution in [0.3, 0.4) is 0 Å². The van der Waals surface area contributed by atoms with Crippen LogP contribution in [0.15, 0.2) is 36.7 Å². The van der Waals surface area contributed by atoms with Gasteiger partial charge in [0.15, 0.2) is 0 Å². The number of ether oxygens (including phenoxy) is 1. The maximum Gasteiger partial charge on any atom is 0.0720 e. The number of rotatable bonds is 1. The number of hydrogen-bond acceptors (Lipinski definition) is 3. The van der Waals surface area contributed by atoms with Crippen LogP contribution < -0.4 is 5.73 Å². The van der Waals surface area contributed by atoms with Crippen LogP contribution in [0.2, 0.25) is 0 Å². The molecular weight excluding hydrogens is 214 g/mol. The van der Waals surface area contributed by atoms with Crippen molar-refractivity contribution >= 4 is 0 Å². The molecule has 0 unspecified atom stereocenters. The number of benzene rings is 1. The van der Waals surface area contributed by atoms with E-state index < -0.39 is 0 Å². The zero-order valence-electron chi connectivity index (χ0n) is 9.97. The van der Waals surface area contributed by atoms with Crippen LogP contribution in [-0.4, -0.2) is 23.4 Å². The molecule has 0 radical (unpaired) electrons. The zero-order chi connectivity index (χ0) is 12.1.